The third kappa shape index (κ3) is 4.72. The van der Waals surface area contributed by atoms with Crippen molar-refractivity contribution in [3.8, 4) is 0 Å². The van der Waals surface area contributed by atoms with Gasteiger partial charge in [0.15, 0.2) is 23.3 Å². The molecule has 11 atom stereocenters. The van der Waals surface area contributed by atoms with Crippen LogP contribution >= 0.6 is 11.6 Å². The Kier molecular flexibility index (Phi) is 8.25. The number of rotatable bonds is 7. The van der Waals surface area contributed by atoms with Crippen LogP contribution in [-0.2, 0) is 20.7 Å². The summed E-state index contributed by atoms with van der Waals surface area (Å²) in [5.41, 5.74) is -2.73. The van der Waals surface area contributed by atoms with E-state index < -0.39 is 77.1 Å². The minimum absolute atomic E-state index is 0.137. The van der Waals surface area contributed by atoms with Gasteiger partial charge in [-0.25, -0.2) is 8.78 Å². The lowest BCUT2D eigenvalue weighted by Gasteiger charge is -2.63. The van der Waals surface area contributed by atoms with Crippen molar-refractivity contribution >= 4 is 23.1 Å². The van der Waals surface area contributed by atoms with Gasteiger partial charge in [0.05, 0.1) is 29.0 Å². The Labute approximate surface area is 285 Å². The van der Waals surface area contributed by atoms with Crippen molar-refractivity contribution in [2.24, 2.45) is 22.7 Å². The number of benzene rings is 2. The van der Waals surface area contributed by atoms with Crippen molar-refractivity contribution in [1.29, 1.82) is 0 Å². The molecule has 48 heavy (non-hydrogen) atoms. The molecule has 2 aromatic rings. The smallest absolute Gasteiger partial charge is 0.193 e. The van der Waals surface area contributed by atoms with Gasteiger partial charge in [-0.2, -0.15) is 0 Å². The van der Waals surface area contributed by atoms with Gasteiger partial charge in [0, 0.05) is 28.4 Å². The number of hydrogen-bond acceptors (Lipinski definition) is 7. The first-order valence-corrected chi connectivity index (χ1v) is 17.3. The van der Waals surface area contributed by atoms with Crippen molar-refractivity contribution in [3.63, 3.8) is 0 Å². The van der Waals surface area contributed by atoms with Gasteiger partial charge < -0.3 is 30.1 Å². The van der Waals surface area contributed by atoms with Crippen LogP contribution in [0.5, 0.6) is 0 Å². The zero-order valence-corrected chi connectivity index (χ0v) is 28.4. The van der Waals surface area contributed by atoms with E-state index in [1.54, 1.807) is 13.8 Å². The molecular weight excluding hydrogens is 640 g/mol. The highest BCUT2D eigenvalue weighted by Gasteiger charge is 2.80. The van der Waals surface area contributed by atoms with Crippen LogP contribution in [0, 0.1) is 22.7 Å². The molecule has 4 N–H and O–H groups in total. The number of Topliss-reactive ketones (excluding diaryl/α,β-unsaturated/α-hetero) is 1. The predicted octanol–water partition coefficient (Wildman–Crippen LogP) is 6.19. The van der Waals surface area contributed by atoms with Crippen molar-refractivity contribution in [1.82, 2.24) is 0 Å². The summed E-state index contributed by atoms with van der Waals surface area (Å²) in [5.74, 6) is -2.14. The second-order valence-corrected chi connectivity index (χ2v) is 15.6. The Balaban J connectivity index is 1.17. The van der Waals surface area contributed by atoms with E-state index in [2.05, 4.69) is 19.2 Å². The summed E-state index contributed by atoms with van der Waals surface area (Å²) in [4.78, 5) is 13.8. The average Bonchev–Trinajstić information content (AvgIpc) is 3.54. The molecule has 0 amide bonds. The molecule has 258 valence electrons. The summed E-state index contributed by atoms with van der Waals surface area (Å²) >= 11 is 6.37. The Morgan fingerprint density at radius 3 is 2.48 bits per heavy atom. The monoisotopic (exact) mass is 683 g/mol. The second-order valence-electron chi connectivity index (χ2n) is 15.2. The van der Waals surface area contributed by atoms with E-state index in [0.717, 1.165) is 16.8 Å². The lowest BCUT2D eigenvalue weighted by atomic mass is 9.44. The molecule has 10 heteroatoms. The molecule has 0 aromatic heterocycles. The molecule has 1 heterocycles. The van der Waals surface area contributed by atoms with Crippen molar-refractivity contribution < 1.29 is 38.4 Å². The van der Waals surface area contributed by atoms with Crippen LogP contribution in [0.1, 0.15) is 69.9 Å². The van der Waals surface area contributed by atoms with Gasteiger partial charge in [-0.15, -0.1) is 0 Å². The van der Waals surface area contributed by atoms with E-state index in [1.165, 1.54) is 18.2 Å². The third-order valence-corrected chi connectivity index (χ3v) is 12.5. The highest BCUT2D eigenvalue weighted by Crippen LogP contribution is 2.72. The van der Waals surface area contributed by atoms with Gasteiger partial charge in [-0.1, -0.05) is 61.0 Å². The SMILES string of the molecule is CC(C)Nc1cc(Cc2ccc([C@H]3O[C@@H]4C[C@H]5[C@@H]6C[C@H](F)C7=CC(O)C=C[C@]7(C)[C@@]6(F)[C@@H](O)C[C@]5(C)[C@]4(C(=O)CO)O3)cc2)ccc1Cl. The summed E-state index contributed by atoms with van der Waals surface area (Å²) in [7, 11) is 0. The number of fused-ring (bicyclic) bond motifs is 7. The highest BCUT2D eigenvalue weighted by molar-refractivity contribution is 6.33. The molecule has 0 spiro atoms. The summed E-state index contributed by atoms with van der Waals surface area (Å²) in [6, 6.07) is 13.8. The Morgan fingerprint density at radius 1 is 1.08 bits per heavy atom. The minimum atomic E-state index is -2.25. The fourth-order valence-corrected chi connectivity index (χ4v) is 10.1. The van der Waals surface area contributed by atoms with E-state index in [-0.39, 0.29) is 30.9 Å². The fraction of sp³-hybridized carbons (Fsp3) is 0.553. The van der Waals surface area contributed by atoms with E-state index in [9.17, 15) is 20.1 Å². The van der Waals surface area contributed by atoms with Crippen LogP contribution in [0.2, 0.25) is 5.02 Å². The molecule has 7 nitrogen and oxygen atoms in total. The molecule has 1 saturated heterocycles. The standard InChI is InChI=1S/C38H44ClF2NO6/c1-20(2)42-30-14-22(7-10-28(30)39)13-21-5-8-23(9-6-21)34-47-33-17-25-26-16-29(40)27-15-24(44)11-12-35(27,3)37(26,41)31(45)18-36(25,4)38(33,48-34)32(46)19-43/h5-12,14-15,20,24-26,29,31,33-34,42-45H,13,16-19H2,1-4H3/t24?,25-,26-,29-,31-,33+,34-,35-,36-,37-,38+/m0/s1. The molecular formula is C38H44ClF2NO6. The van der Waals surface area contributed by atoms with Gasteiger partial charge >= 0.3 is 0 Å². The van der Waals surface area contributed by atoms with Gasteiger partial charge in [0.2, 0.25) is 0 Å². The molecule has 4 aliphatic carbocycles. The van der Waals surface area contributed by atoms with Crippen LogP contribution in [0.4, 0.5) is 14.5 Å². The number of ketones is 1. The zero-order valence-electron chi connectivity index (χ0n) is 27.6. The summed E-state index contributed by atoms with van der Waals surface area (Å²) < 4.78 is 46.6. The Hall–Kier alpha value is -2.66. The predicted molar refractivity (Wildman–Crippen MR) is 178 cm³/mol. The maximum absolute atomic E-state index is 17.6. The highest BCUT2D eigenvalue weighted by atomic mass is 35.5. The number of halogens is 3. The number of ether oxygens (including phenoxy) is 2. The lowest BCUT2D eigenvalue weighted by molar-refractivity contribution is -0.235. The van der Waals surface area contributed by atoms with Gasteiger partial charge in [-0.05, 0) is 87.3 Å². The average molecular weight is 684 g/mol. The fourth-order valence-electron chi connectivity index (χ4n) is 9.96. The van der Waals surface area contributed by atoms with Crippen LogP contribution in [0.15, 0.2) is 66.3 Å². The van der Waals surface area contributed by atoms with E-state index >= 15 is 8.78 Å². The summed E-state index contributed by atoms with van der Waals surface area (Å²) in [6.07, 6.45) is -1.12. The van der Waals surface area contributed by atoms with Crippen molar-refractivity contribution in [3.05, 3.63) is 88.0 Å². The van der Waals surface area contributed by atoms with Crippen LogP contribution in [-0.4, -0.2) is 69.5 Å². The zero-order chi connectivity index (χ0) is 34.4. The number of aliphatic hydroxyl groups excluding tert-OH is 3. The number of alkyl halides is 2. The molecule has 1 aliphatic heterocycles. The lowest BCUT2D eigenvalue weighted by Crippen LogP contribution is -2.70. The molecule has 1 unspecified atom stereocenters. The number of hydrogen-bond donors (Lipinski definition) is 4. The molecule has 7 rings (SSSR count). The number of allylic oxidation sites excluding steroid dienone is 2. The molecule has 0 bridgehead atoms. The molecule has 3 saturated carbocycles. The normalized spacial score (nSPS) is 41.3. The minimum Gasteiger partial charge on any atom is -0.390 e. The van der Waals surface area contributed by atoms with E-state index in [0.29, 0.717) is 17.0 Å². The number of nitrogens with one attached hydrogen (secondary N) is 1. The molecule has 0 radical (unpaired) electrons. The second kappa shape index (κ2) is 11.7. The Morgan fingerprint density at radius 2 is 1.79 bits per heavy atom. The van der Waals surface area contributed by atoms with Crippen LogP contribution in [0.3, 0.4) is 0 Å². The molecule has 4 fully saturated rings. The van der Waals surface area contributed by atoms with Crippen LogP contribution in [0.25, 0.3) is 0 Å². The maximum Gasteiger partial charge on any atom is 0.193 e. The first-order chi connectivity index (χ1) is 22.7. The maximum atomic E-state index is 17.6. The van der Waals surface area contributed by atoms with Crippen molar-refractivity contribution in [2.75, 3.05) is 11.9 Å². The number of anilines is 1. The first kappa shape index (κ1) is 33.8. The largest absolute Gasteiger partial charge is 0.390 e. The quantitative estimate of drug-likeness (QED) is 0.258. The summed E-state index contributed by atoms with van der Waals surface area (Å²) in [5, 5.41) is 36.2. The van der Waals surface area contributed by atoms with Gasteiger partial charge in [0.1, 0.15) is 12.8 Å². The van der Waals surface area contributed by atoms with Gasteiger partial charge in [0.25, 0.3) is 0 Å². The molecule has 5 aliphatic rings. The summed E-state index contributed by atoms with van der Waals surface area (Å²) in [6.45, 7) is 6.66. The number of aliphatic hydroxyl groups is 3. The number of carbonyl (C=O) groups is 1. The number of carbonyl (C=O) groups excluding carboxylic acids is 1. The first-order valence-electron chi connectivity index (χ1n) is 16.9. The van der Waals surface area contributed by atoms with E-state index in [1.807, 2.05) is 42.5 Å². The van der Waals surface area contributed by atoms with Crippen LogP contribution < -0.4 is 5.32 Å². The van der Waals surface area contributed by atoms with E-state index in [4.69, 9.17) is 21.1 Å². The molecule has 2 aromatic carbocycles. The third-order valence-electron chi connectivity index (χ3n) is 12.2. The topological polar surface area (TPSA) is 108 Å². The van der Waals surface area contributed by atoms with Crippen molar-refractivity contribution in [2.45, 2.75) is 101 Å². The Bertz CT molecular complexity index is 1670. The van der Waals surface area contributed by atoms with Gasteiger partial charge in [-0.3, -0.25) is 4.79 Å².